The Balaban J connectivity index is 1.33. The van der Waals surface area contributed by atoms with Gasteiger partial charge in [0.05, 0.1) is 19.8 Å². The lowest BCUT2D eigenvalue weighted by molar-refractivity contribution is 0.0482. The molecule has 0 amide bonds. The quantitative estimate of drug-likeness (QED) is 0.0316. The summed E-state index contributed by atoms with van der Waals surface area (Å²) < 4.78 is 51.2. The van der Waals surface area contributed by atoms with Gasteiger partial charge >= 0.3 is 17.9 Å². The topological polar surface area (TPSA) is 222 Å². The maximum absolute atomic E-state index is 12.7. The fraction of sp³-hybridized carbons (Fsp3) is 0.333. The van der Waals surface area contributed by atoms with Crippen LogP contribution in [0.3, 0.4) is 0 Å². The number of ketones is 3. The number of esters is 3. The molecular formula is C45H48N4O15. The van der Waals surface area contributed by atoms with Gasteiger partial charge in [-0.25, -0.2) is 14.4 Å². The summed E-state index contributed by atoms with van der Waals surface area (Å²) in [7, 11) is 0. The molecule has 0 atom stereocenters. The van der Waals surface area contributed by atoms with Crippen LogP contribution >= 0.6 is 0 Å². The predicted molar refractivity (Wildman–Crippen MR) is 229 cm³/mol. The molecule has 0 radical (unpaired) electrons. The zero-order valence-corrected chi connectivity index (χ0v) is 36.2. The Morgan fingerprint density at radius 1 is 0.359 bits per heavy atom. The van der Waals surface area contributed by atoms with Crippen LogP contribution in [0.5, 0.6) is 0 Å². The standard InChI is InChI=1S/C45H48N4O15/c1-7-56-43(53)34-13-17-38(62-34)47(25-27-49(40-19-12-33(61-40)30(6)52)42-21-15-36(64-42)45(55)58-9-3)23-22-46(37-16-10-31(59-37)28(4)50)24-26-48(39-18-11-32(60-39)29(5)51)41-20-14-35(63-41)44(54)57-8-2/h10-21H,7-9,22-27H2,1-6H3. The summed E-state index contributed by atoms with van der Waals surface area (Å²) in [6.07, 6.45) is 0. The molecule has 0 aliphatic carbocycles. The number of ether oxygens (including phenoxy) is 3. The van der Waals surface area contributed by atoms with Gasteiger partial charge in [0.25, 0.3) is 0 Å². The number of rotatable bonds is 24. The molecule has 19 heteroatoms. The number of Topliss-reactive ketones (excluding diaryl/α,β-unsaturated/α-hetero) is 3. The minimum Gasteiger partial charge on any atom is -0.460 e. The van der Waals surface area contributed by atoms with Gasteiger partial charge in [0.15, 0.2) is 46.4 Å². The van der Waals surface area contributed by atoms with E-state index in [0.717, 1.165) is 0 Å². The first-order valence-electron chi connectivity index (χ1n) is 20.5. The summed E-state index contributed by atoms with van der Waals surface area (Å²) in [6, 6.07) is 18.7. The van der Waals surface area contributed by atoms with Gasteiger partial charge in [-0.2, -0.15) is 0 Å². The predicted octanol–water partition coefficient (Wildman–Crippen LogP) is 8.37. The Bertz CT molecular complexity index is 2570. The molecule has 0 aliphatic heterocycles. The second-order valence-corrected chi connectivity index (χ2v) is 13.9. The maximum atomic E-state index is 12.7. The molecule has 6 rings (SSSR count). The van der Waals surface area contributed by atoms with Gasteiger partial charge < -0.3 is 50.5 Å². The monoisotopic (exact) mass is 884 g/mol. The van der Waals surface area contributed by atoms with Crippen LogP contribution in [0.4, 0.5) is 35.3 Å². The third-order valence-electron chi connectivity index (χ3n) is 9.54. The van der Waals surface area contributed by atoms with Crippen LogP contribution in [0.2, 0.25) is 0 Å². The molecule has 0 fully saturated rings. The summed E-state index contributed by atoms with van der Waals surface area (Å²) in [6.45, 7) is 10.6. The van der Waals surface area contributed by atoms with Gasteiger partial charge in [-0.15, -0.1) is 0 Å². The fourth-order valence-electron chi connectivity index (χ4n) is 6.39. The first kappa shape index (κ1) is 45.8. The highest BCUT2D eigenvalue weighted by molar-refractivity contribution is 5.93. The van der Waals surface area contributed by atoms with Crippen molar-refractivity contribution in [2.45, 2.75) is 41.5 Å². The Labute approximate surface area is 366 Å². The number of carbonyl (C=O) groups excluding carboxylic acids is 6. The Kier molecular flexibility index (Phi) is 15.0. The minimum absolute atomic E-state index is 0.0328. The lowest BCUT2D eigenvalue weighted by Crippen LogP contribution is -2.41. The Morgan fingerprint density at radius 3 is 0.875 bits per heavy atom. The van der Waals surface area contributed by atoms with Crippen molar-refractivity contribution in [2.75, 3.05) is 78.7 Å². The molecule has 0 bridgehead atoms. The lowest BCUT2D eigenvalue weighted by Gasteiger charge is -2.30. The van der Waals surface area contributed by atoms with Crippen LogP contribution in [-0.2, 0) is 14.2 Å². The van der Waals surface area contributed by atoms with Crippen molar-refractivity contribution < 1.29 is 69.5 Å². The van der Waals surface area contributed by atoms with Crippen LogP contribution in [0.25, 0.3) is 0 Å². The number of carbonyl (C=O) groups is 6. The largest absolute Gasteiger partial charge is 0.460 e. The van der Waals surface area contributed by atoms with E-state index < -0.39 is 17.9 Å². The first-order valence-corrected chi connectivity index (χ1v) is 20.5. The summed E-state index contributed by atoms with van der Waals surface area (Å²) in [5, 5.41) is 0. The average molecular weight is 885 g/mol. The highest BCUT2D eigenvalue weighted by Crippen LogP contribution is 2.32. The van der Waals surface area contributed by atoms with E-state index in [1.54, 1.807) is 73.0 Å². The van der Waals surface area contributed by atoms with E-state index in [0.29, 0.717) is 11.8 Å². The number of anilines is 6. The zero-order valence-electron chi connectivity index (χ0n) is 36.2. The number of hydrogen-bond donors (Lipinski definition) is 0. The third-order valence-corrected chi connectivity index (χ3v) is 9.54. The summed E-state index contributed by atoms with van der Waals surface area (Å²) in [5.41, 5.74) is 0. The minimum atomic E-state index is -0.663. The maximum Gasteiger partial charge on any atom is 0.374 e. The molecule has 6 aromatic heterocycles. The van der Waals surface area contributed by atoms with E-state index in [-0.39, 0.29) is 135 Å². The van der Waals surface area contributed by atoms with E-state index in [9.17, 15) is 28.8 Å². The van der Waals surface area contributed by atoms with E-state index in [4.69, 9.17) is 40.7 Å². The second-order valence-electron chi connectivity index (χ2n) is 13.9. The number of hydrogen-bond acceptors (Lipinski definition) is 19. The van der Waals surface area contributed by atoms with Gasteiger partial charge in [0.2, 0.25) is 40.8 Å². The van der Waals surface area contributed by atoms with Gasteiger partial charge in [0, 0.05) is 96.4 Å². The van der Waals surface area contributed by atoms with Crippen LogP contribution in [0, 0.1) is 0 Å². The van der Waals surface area contributed by atoms with Crippen molar-refractivity contribution in [3.05, 3.63) is 107 Å². The summed E-state index contributed by atoms with van der Waals surface area (Å²) in [5.74, 6) is -1.12. The molecular weight excluding hydrogens is 837 g/mol. The molecule has 0 saturated heterocycles. The van der Waals surface area contributed by atoms with E-state index in [1.807, 2.05) is 9.80 Å². The number of furan rings is 6. The molecule has 64 heavy (non-hydrogen) atoms. The van der Waals surface area contributed by atoms with Crippen molar-refractivity contribution >= 4 is 70.6 Å². The molecule has 0 saturated carbocycles. The molecule has 0 aliphatic rings. The zero-order chi connectivity index (χ0) is 45.9. The van der Waals surface area contributed by atoms with Crippen LogP contribution in [0.1, 0.15) is 105 Å². The summed E-state index contributed by atoms with van der Waals surface area (Å²) in [4.78, 5) is 81.7. The molecule has 0 spiro atoms. The molecule has 0 N–H and O–H groups in total. The van der Waals surface area contributed by atoms with Gasteiger partial charge in [-0.3, -0.25) is 24.2 Å². The molecule has 19 nitrogen and oxygen atoms in total. The highest BCUT2D eigenvalue weighted by Gasteiger charge is 2.27. The van der Waals surface area contributed by atoms with Gasteiger partial charge in [-0.05, 0) is 57.2 Å². The summed E-state index contributed by atoms with van der Waals surface area (Å²) >= 11 is 0. The molecule has 0 aromatic carbocycles. The van der Waals surface area contributed by atoms with Crippen LogP contribution in [-0.4, -0.2) is 94.3 Å². The number of nitrogens with zero attached hydrogens (tertiary/aromatic N) is 4. The second kappa shape index (κ2) is 20.9. The lowest BCUT2D eigenvalue weighted by atomic mass is 10.3. The molecule has 0 unspecified atom stereocenters. The van der Waals surface area contributed by atoms with Crippen molar-refractivity contribution in [3.8, 4) is 0 Å². The van der Waals surface area contributed by atoms with Gasteiger partial charge in [0.1, 0.15) is 0 Å². The SMILES string of the molecule is CCOC(=O)c1ccc(N(CCN(CCN(c2ccc(C(C)=O)o2)c2ccc(C(=O)OCC)o2)c2ccc(C(C)=O)o2)CCN(c2ccc(C(C)=O)o2)c2ccc(C(=O)OCC)o2)o1. The van der Waals surface area contributed by atoms with Gasteiger partial charge in [-0.1, -0.05) is 0 Å². The van der Waals surface area contributed by atoms with Crippen molar-refractivity contribution in [1.82, 2.24) is 0 Å². The first-order chi connectivity index (χ1) is 30.8. The van der Waals surface area contributed by atoms with E-state index >= 15 is 0 Å². The van der Waals surface area contributed by atoms with Crippen LogP contribution < -0.4 is 19.6 Å². The normalized spacial score (nSPS) is 11.0. The van der Waals surface area contributed by atoms with Crippen LogP contribution in [0.15, 0.2) is 99.3 Å². The molecule has 6 aromatic rings. The van der Waals surface area contributed by atoms with Crippen molar-refractivity contribution in [2.24, 2.45) is 0 Å². The third kappa shape index (κ3) is 11.0. The van der Waals surface area contributed by atoms with Crippen molar-refractivity contribution in [3.63, 3.8) is 0 Å². The Morgan fingerprint density at radius 2 is 0.594 bits per heavy atom. The molecule has 6 heterocycles. The Hall–Kier alpha value is -7.70. The van der Waals surface area contributed by atoms with E-state index in [2.05, 4.69) is 0 Å². The van der Waals surface area contributed by atoms with E-state index in [1.165, 1.54) is 51.1 Å². The molecule has 338 valence electrons. The smallest absolute Gasteiger partial charge is 0.374 e. The fourth-order valence-corrected chi connectivity index (χ4v) is 6.39. The average Bonchev–Trinajstić information content (AvgIpc) is 4.12. The highest BCUT2D eigenvalue weighted by atomic mass is 16.6. The van der Waals surface area contributed by atoms with Crippen molar-refractivity contribution in [1.29, 1.82) is 0 Å².